The summed E-state index contributed by atoms with van der Waals surface area (Å²) in [6.45, 7) is 6.32. The largest absolute Gasteiger partial charge is 0.378 e. The van der Waals surface area contributed by atoms with Crippen molar-refractivity contribution in [2.24, 2.45) is 0 Å². The van der Waals surface area contributed by atoms with Gasteiger partial charge in [-0.25, -0.2) is 0 Å². The molecule has 2 N–H and O–H groups in total. The fraction of sp³-hybridized carbons (Fsp3) is 0.833. The summed E-state index contributed by atoms with van der Waals surface area (Å²) in [5, 5.41) is 5.37. The zero-order valence-corrected chi connectivity index (χ0v) is 11.3. The molecule has 0 bridgehead atoms. The summed E-state index contributed by atoms with van der Waals surface area (Å²) >= 11 is 0. The molecule has 0 aromatic rings. The first-order chi connectivity index (χ1) is 8.70. The summed E-state index contributed by atoms with van der Waals surface area (Å²) in [4.78, 5) is 22.1. The Balaban J connectivity index is 3.19. The summed E-state index contributed by atoms with van der Waals surface area (Å²) < 4.78 is 10.3. The van der Waals surface area contributed by atoms with Gasteiger partial charge in [-0.15, -0.1) is 0 Å². The lowest BCUT2D eigenvalue weighted by Gasteiger charge is -2.07. The molecule has 0 aliphatic rings. The van der Waals surface area contributed by atoms with Gasteiger partial charge in [0.2, 0.25) is 11.8 Å². The van der Waals surface area contributed by atoms with Crippen LogP contribution in [0.15, 0.2) is 0 Å². The van der Waals surface area contributed by atoms with E-state index in [1.54, 1.807) is 6.92 Å². The smallest absolute Gasteiger partial charge is 0.246 e. The van der Waals surface area contributed by atoms with Gasteiger partial charge in [0.05, 0.1) is 13.2 Å². The minimum atomic E-state index is -0.133. The van der Waals surface area contributed by atoms with Crippen LogP contribution in [-0.4, -0.2) is 51.3 Å². The second-order valence-corrected chi connectivity index (χ2v) is 3.72. The topological polar surface area (TPSA) is 76.7 Å². The molecule has 0 aliphatic heterocycles. The highest BCUT2D eigenvalue weighted by atomic mass is 16.5. The van der Waals surface area contributed by atoms with Crippen molar-refractivity contribution >= 4 is 11.8 Å². The van der Waals surface area contributed by atoms with Gasteiger partial charge in [0.1, 0.15) is 6.61 Å². The van der Waals surface area contributed by atoms with Crippen LogP contribution in [0.3, 0.4) is 0 Å². The summed E-state index contributed by atoms with van der Waals surface area (Å²) in [6, 6.07) is 0. The van der Waals surface area contributed by atoms with E-state index in [4.69, 9.17) is 9.47 Å². The zero-order chi connectivity index (χ0) is 13.6. The predicted octanol–water partition coefficient (Wildman–Crippen LogP) is 0.0720. The van der Waals surface area contributed by atoms with Crippen molar-refractivity contribution in [1.82, 2.24) is 10.6 Å². The van der Waals surface area contributed by atoms with Crippen LogP contribution >= 0.6 is 0 Å². The normalized spacial score (nSPS) is 10.1. The molecule has 6 nitrogen and oxygen atoms in total. The van der Waals surface area contributed by atoms with Crippen LogP contribution in [0.25, 0.3) is 0 Å². The van der Waals surface area contributed by atoms with Crippen LogP contribution < -0.4 is 10.6 Å². The van der Waals surface area contributed by atoms with E-state index < -0.39 is 0 Å². The van der Waals surface area contributed by atoms with E-state index in [2.05, 4.69) is 10.6 Å². The van der Waals surface area contributed by atoms with Crippen molar-refractivity contribution in [3.63, 3.8) is 0 Å². The fourth-order valence-corrected chi connectivity index (χ4v) is 1.11. The van der Waals surface area contributed by atoms with Gasteiger partial charge < -0.3 is 20.1 Å². The number of amides is 2. The molecule has 0 heterocycles. The minimum absolute atomic E-state index is 0.0139. The summed E-state index contributed by atoms with van der Waals surface area (Å²) in [5.41, 5.74) is 0. The molecule has 0 spiro atoms. The van der Waals surface area contributed by atoms with E-state index in [1.165, 1.54) is 0 Å². The fourth-order valence-electron chi connectivity index (χ4n) is 1.11. The third-order valence-corrected chi connectivity index (χ3v) is 2.04. The Labute approximate surface area is 108 Å². The Hall–Kier alpha value is -1.14. The number of hydrogen-bond donors (Lipinski definition) is 2. The van der Waals surface area contributed by atoms with Crippen molar-refractivity contribution < 1.29 is 19.1 Å². The molecule has 0 unspecified atom stereocenters. The lowest BCUT2D eigenvalue weighted by atomic mass is 10.4. The predicted molar refractivity (Wildman–Crippen MR) is 68.2 cm³/mol. The molecule has 0 rings (SSSR count). The maximum absolute atomic E-state index is 11.2. The second kappa shape index (κ2) is 12.3. The standard InChI is InChI=1S/C12H24N2O4/c1-3-7-18-10-12(16)14-6-9-17-8-5-13-11(15)4-2/h3-10H2,1-2H3,(H,13,15)(H,14,16). The van der Waals surface area contributed by atoms with E-state index in [0.29, 0.717) is 39.3 Å². The van der Waals surface area contributed by atoms with Crippen molar-refractivity contribution in [3.8, 4) is 0 Å². The average Bonchev–Trinajstić information content (AvgIpc) is 2.37. The molecule has 0 atom stereocenters. The van der Waals surface area contributed by atoms with E-state index in [9.17, 15) is 9.59 Å². The molecular formula is C12H24N2O4. The molecular weight excluding hydrogens is 236 g/mol. The van der Waals surface area contributed by atoms with Gasteiger partial charge in [-0.1, -0.05) is 13.8 Å². The van der Waals surface area contributed by atoms with E-state index in [0.717, 1.165) is 6.42 Å². The van der Waals surface area contributed by atoms with Crippen LogP contribution in [0.2, 0.25) is 0 Å². The first-order valence-corrected chi connectivity index (χ1v) is 6.39. The molecule has 0 saturated heterocycles. The molecule has 0 radical (unpaired) electrons. The number of hydrogen-bond acceptors (Lipinski definition) is 4. The molecule has 0 aliphatic carbocycles. The number of nitrogens with one attached hydrogen (secondary N) is 2. The Morgan fingerprint density at radius 1 is 0.889 bits per heavy atom. The van der Waals surface area contributed by atoms with E-state index >= 15 is 0 Å². The molecule has 0 aromatic heterocycles. The first kappa shape index (κ1) is 16.9. The number of carbonyl (C=O) groups excluding carboxylic acids is 2. The summed E-state index contributed by atoms with van der Waals surface area (Å²) in [7, 11) is 0. The SMILES string of the molecule is CCCOCC(=O)NCCOCCNC(=O)CC. The molecule has 18 heavy (non-hydrogen) atoms. The monoisotopic (exact) mass is 260 g/mol. The third-order valence-electron chi connectivity index (χ3n) is 2.04. The van der Waals surface area contributed by atoms with Gasteiger partial charge in [-0.05, 0) is 6.42 Å². The van der Waals surface area contributed by atoms with Crippen molar-refractivity contribution in [2.45, 2.75) is 26.7 Å². The van der Waals surface area contributed by atoms with Crippen molar-refractivity contribution in [2.75, 3.05) is 39.5 Å². The number of carbonyl (C=O) groups is 2. The van der Waals surface area contributed by atoms with Crippen LogP contribution in [0.5, 0.6) is 0 Å². The van der Waals surface area contributed by atoms with Gasteiger partial charge in [-0.3, -0.25) is 9.59 Å². The van der Waals surface area contributed by atoms with Crippen molar-refractivity contribution in [3.05, 3.63) is 0 Å². The number of rotatable bonds is 11. The zero-order valence-electron chi connectivity index (χ0n) is 11.3. The maximum atomic E-state index is 11.2. The van der Waals surface area contributed by atoms with Crippen LogP contribution in [0.1, 0.15) is 26.7 Å². The van der Waals surface area contributed by atoms with Crippen LogP contribution in [-0.2, 0) is 19.1 Å². The Bertz CT molecular complexity index is 234. The average molecular weight is 260 g/mol. The molecule has 2 amide bonds. The van der Waals surface area contributed by atoms with E-state index in [1.807, 2.05) is 6.92 Å². The van der Waals surface area contributed by atoms with Gasteiger partial charge in [0.25, 0.3) is 0 Å². The molecule has 0 aromatic carbocycles. The Morgan fingerprint density at radius 2 is 1.50 bits per heavy atom. The van der Waals surface area contributed by atoms with Gasteiger partial charge >= 0.3 is 0 Å². The second-order valence-electron chi connectivity index (χ2n) is 3.72. The first-order valence-electron chi connectivity index (χ1n) is 6.39. The van der Waals surface area contributed by atoms with E-state index in [-0.39, 0.29) is 18.4 Å². The summed E-state index contributed by atoms with van der Waals surface area (Å²) in [5.74, 6) is -0.119. The lowest BCUT2D eigenvalue weighted by Crippen LogP contribution is -2.32. The summed E-state index contributed by atoms with van der Waals surface area (Å²) in [6.07, 6.45) is 1.38. The molecule has 0 fully saturated rings. The van der Waals surface area contributed by atoms with Gasteiger partial charge in [0.15, 0.2) is 0 Å². The van der Waals surface area contributed by atoms with Crippen LogP contribution in [0, 0.1) is 0 Å². The quantitative estimate of drug-likeness (QED) is 0.516. The van der Waals surface area contributed by atoms with Gasteiger partial charge in [0, 0.05) is 26.1 Å². The lowest BCUT2D eigenvalue weighted by molar-refractivity contribution is -0.125. The molecule has 106 valence electrons. The third kappa shape index (κ3) is 11.3. The van der Waals surface area contributed by atoms with Crippen LogP contribution in [0.4, 0.5) is 0 Å². The molecule has 6 heteroatoms. The highest BCUT2D eigenvalue weighted by Crippen LogP contribution is 1.80. The highest BCUT2D eigenvalue weighted by Gasteiger charge is 1.99. The Morgan fingerprint density at radius 3 is 2.06 bits per heavy atom. The maximum Gasteiger partial charge on any atom is 0.246 e. The van der Waals surface area contributed by atoms with Gasteiger partial charge in [-0.2, -0.15) is 0 Å². The minimum Gasteiger partial charge on any atom is -0.378 e. The highest BCUT2D eigenvalue weighted by molar-refractivity contribution is 5.77. The number of ether oxygens (including phenoxy) is 2. The molecule has 0 saturated carbocycles. The Kier molecular flexibility index (Phi) is 11.5. The van der Waals surface area contributed by atoms with Crippen molar-refractivity contribution in [1.29, 1.82) is 0 Å².